The first-order valence-electron chi connectivity index (χ1n) is 5.88. The molecule has 7 heteroatoms. The summed E-state index contributed by atoms with van der Waals surface area (Å²) >= 11 is 13.1. The molecular weight excluding hydrogens is 334 g/mol. The molecule has 0 radical (unpaired) electrons. The van der Waals surface area contributed by atoms with Gasteiger partial charge in [0, 0.05) is 9.92 Å². The number of hydrogen-bond acceptors (Lipinski definition) is 3. The Morgan fingerprint density at radius 1 is 1.24 bits per heavy atom. The first kappa shape index (κ1) is 15.9. The highest BCUT2D eigenvalue weighted by atomic mass is 35.5. The number of carbonyl (C=O) groups is 1. The van der Waals surface area contributed by atoms with Gasteiger partial charge in [-0.25, -0.2) is 4.39 Å². The van der Waals surface area contributed by atoms with Gasteiger partial charge in [0.1, 0.15) is 5.82 Å². The van der Waals surface area contributed by atoms with E-state index in [4.69, 9.17) is 28.9 Å². The van der Waals surface area contributed by atoms with Gasteiger partial charge in [-0.1, -0.05) is 23.2 Å². The molecule has 0 aliphatic heterocycles. The molecule has 0 saturated heterocycles. The van der Waals surface area contributed by atoms with Gasteiger partial charge in [0.25, 0.3) is 0 Å². The molecule has 0 aromatic heterocycles. The zero-order valence-electron chi connectivity index (χ0n) is 10.7. The summed E-state index contributed by atoms with van der Waals surface area (Å²) in [5.74, 6) is -0.586. The number of halogens is 3. The third-order valence-electron chi connectivity index (χ3n) is 2.54. The molecule has 1 amide bonds. The third kappa shape index (κ3) is 4.52. The Kier molecular flexibility index (Phi) is 5.33. The summed E-state index contributed by atoms with van der Waals surface area (Å²) in [4.78, 5) is 12.6. The van der Waals surface area contributed by atoms with Gasteiger partial charge in [0.2, 0.25) is 5.91 Å². The van der Waals surface area contributed by atoms with Gasteiger partial charge >= 0.3 is 0 Å². The van der Waals surface area contributed by atoms with E-state index in [1.807, 2.05) is 0 Å². The van der Waals surface area contributed by atoms with Gasteiger partial charge in [-0.3, -0.25) is 4.79 Å². The molecule has 2 rings (SSSR count). The number of anilines is 2. The van der Waals surface area contributed by atoms with E-state index >= 15 is 0 Å². The highest BCUT2D eigenvalue weighted by Crippen LogP contribution is 2.30. The zero-order chi connectivity index (χ0) is 15.4. The van der Waals surface area contributed by atoms with Crippen LogP contribution in [0.4, 0.5) is 15.8 Å². The van der Waals surface area contributed by atoms with Gasteiger partial charge in [-0.05, 0) is 36.4 Å². The number of nitrogens with two attached hydrogens (primary N) is 1. The number of rotatable bonds is 4. The Labute approximate surface area is 135 Å². The number of thioether (sulfide) groups is 1. The third-order valence-corrected chi connectivity index (χ3v) is 4.27. The highest BCUT2D eigenvalue weighted by molar-refractivity contribution is 8.00. The Hall–Kier alpha value is -1.43. The standard InChI is InChI=1S/C14H11Cl2FN2OS/c15-8-1-3-10(16)13(5-8)21-7-14(20)19-12-4-2-9(17)6-11(12)18/h1-6H,7,18H2,(H,19,20). The molecule has 0 heterocycles. The number of benzene rings is 2. The van der Waals surface area contributed by atoms with Crippen LogP contribution in [-0.2, 0) is 4.79 Å². The van der Waals surface area contributed by atoms with Crippen LogP contribution in [0.15, 0.2) is 41.3 Å². The summed E-state index contributed by atoms with van der Waals surface area (Å²) in [5, 5.41) is 3.69. The van der Waals surface area contributed by atoms with E-state index in [0.29, 0.717) is 20.6 Å². The van der Waals surface area contributed by atoms with Crippen LogP contribution in [0, 0.1) is 5.82 Å². The average Bonchev–Trinajstić information content (AvgIpc) is 2.43. The van der Waals surface area contributed by atoms with Crippen molar-refractivity contribution in [2.75, 3.05) is 16.8 Å². The number of amides is 1. The Morgan fingerprint density at radius 2 is 2.00 bits per heavy atom. The van der Waals surface area contributed by atoms with Crippen molar-refractivity contribution in [1.29, 1.82) is 0 Å². The van der Waals surface area contributed by atoms with Crippen molar-refractivity contribution in [3.63, 3.8) is 0 Å². The smallest absolute Gasteiger partial charge is 0.234 e. The van der Waals surface area contributed by atoms with E-state index in [-0.39, 0.29) is 17.3 Å². The Balaban J connectivity index is 1.97. The molecule has 110 valence electrons. The quantitative estimate of drug-likeness (QED) is 0.636. The fraction of sp³-hybridized carbons (Fsp3) is 0.0714. The van der Waals surface area contributed by atoms with Crippen molar-refractivity contribution < 1.29 is 9.18 Å². The van der Waals surface area contributed by atoms with E-state index < -0.39 is 5.82 Å². The normalized spacial score (nSPS) is 10.4. The zero-order valence-corrected chi connectivity index (χ0v) is 13.0. The number of carbonyl (C=O) groups excluding carboxylic acids is 1. The van der Waals surface area contributed by atoms with Crippen LogP contribution in [0.1, 0.15) is 0 Å². The summed E-state index contributed by atoms with van der Waals surface area (Å²) in [6, 6.07) is 8.83. The van der Waals surface area contributed by atoms with Gasteiger partial charge in [-0.2, -0.15) is 0 Å². The first-order chi connectivity index (χ1) is 9.95. The van der Waals surface area contributed by atoms with Crippen molar-refractivity contribution in [3.05, 3.63) is 52.3 Å². The number of nitrogen functional groups attached to an aromatic ring is 1. The molecule has 0 fully saturated rings. The minimum absolute atomic E-state index is 0.136. The van der Waals surface area contributed by atoms with E-state index in [2.05, 4.69) is 5.32 Å². The Bertz CT molecular complexity index is 682. The molecule has 0 bridgehead atoms. The fourth-order valence-corrected chi connectivity index (χ4v) is 2.86. The molecule has 0 aliphatic rings. The van der Waals surface area contributed by atoms with Crippen LogP contribution in [0.25, 0.3) is 0 Å². The van der Waals surface area contributed by atoms with Gasteiger partial charge in [-0.15, -0.1) is 11.8 Å². The second kappa shape index (κ2) is 7.02. The van der Waals surface area contributed by atoms with Crippen LogP contribution in [0.3, 0.4) is 0 Å². The summed E-state index contributed by atoms with van der Waals surface area (Å²) in [5.41, 5.74) is 6.17. The molecule has 21 heavy (non-hydrogen) atoms. The lowest BCUT2D eigenvalue weighted by molar-refractivity contribution is -0.113. The van der Waals surface area contributed by atoms with Crippen molar-refractivity contribution in [2.24, 2.45) is 0 Å². The van der Waals surface area contributed by atoms with Gasteiger partial charge in [0.05, 0.1) is 22.2 Å². The maximum atomic E-state index is 12.9. The number of hydrogen-bond donors (Lipinski definition) is 2. The molecule has 0 unspecified atom stereocenters. The lowest BCUT2D eigenvalue weighted by atomic mass is 10.2. The highest BCUT2D eigenvalue weighted by Gasteiger charge is 2.09. The summed E-state index contributed by atoms with van der Waals surface area (Å²) in [6.45, 7) is 0. The summed E-state index contributed by atoms with van der Waals surface area (Å²) in [7, 11) is 0. The van der Waals surface area contributed by atoms with Crippen LogP contribution in [0.2, 0.25) is 10.0 Å². The fourth-order valence-electron chi connectivity index (χ4n) is 1.56. The molecule has 0 atom stereocenters. The second-order valence-corrected chi connectivity index (χ2v) is 6.00. The predicted octanol–water partition coefficient (Wildman–Crippen LogP) is 4.45. The molecule has 2 aromatic rings. The van der Waals surface area contributed by atoms with Gasteiger partial charge < -0.3 is 11.1 Å². The molecule has 3 nitrogen and oxygen atoms in total. The van der Waals surface area contributed by atoms with E-state index in [9.17, 15) is 9.18 Å². The minimum Gasteiger partial charge on any atom is -0.397 e. The SMILES string of the molecule is Nc1cc(F)ccc1NC(=O)CSc1cc(Cl)ccc1Cl. The molecular formula is C14H11Cl2FN2OS. The van der Waals surface area contributed by atoms with E-state index in [0.717, 1.165) is 6.07 Å². The molecule has 3 N–H and O–H groups in total. The molecule has 0 spiro atoms. The topological polar surface area (TPSA) is 55.1 Å². The van der Waals surface area contributed by atoms with Crippen LogP contribution < -0.4 is 11.1 Å². The van der Waals surface area contributed by atoms with Crippen LogP contribution >= 0.6 is 35.0 Å². The average molecular weight is 345 g/mol. The van der Waals surface area contributed by atoms with Crippen molar-refractivity contribution in [3.8, 4) is 0 Å². The van der Waals surface area contributed by atoms with Crippen LogP contribution in [0.5, 0.6) is 0 Å². The molecule has 0 aliphatic carbocycles. The van der Waals surface area contributed by atoms with Crippen molar-refractivity contribution in [1.82, 2.24) is 0 Å². The van der Waals surface area contributed by atoms with E-state index in [1.165, 1.54) is 23.9 Å². The van der Waals surface area contributed by atoms with E-state index in [1.54, 1.807) is 18.2 Å². The molecule has 0 saturated carbocycles. The summed E-state index contributed by atoms with van der Waals surface area (Å²) in [6.07, 6.45) is 0. The first-order valence-corrected chi connectivity index (χ1v) is 7.62. The van der Waals surface area contributed by atoms with Gasteiger partial charge in [0.15, 0.2) is 0 Å². The maximum absolute atomic E-state index is 12.9. The predicted molar refractivity (Wildman–Crippen MR) is 86.6 cm³/mol. The lowest BCUT2D eigenvalue weighted by Crippen LogP contribution is -2.15. The largest absolute Gasteiger partial charge is 0.397 e. The van der Waals surface area contributed by atoms with Crippen molar-refractivity contribution >= 4 is 52.2 Å². The number of nitrogens with one attached hydrogen (secondary N) is 1. The lowest BCUT2D eigenvalue weighted by Gasteiger charge is -2.08. The van der Waals surface area contributed by atoms with Crippen molar-refractivity contribution in [2.45, 2.75) is 4.90 Å². The van der Waals surface area contributed by atoms with Crippen LogP contribution in [-0.4, -0.2) is 11.7 Å². The minimum atomic E-state index is -0.453. The maximum Gasteiger partial charge on any atom is 0.234 e. The monoisotopic (exact) mass is 344 g/mol. The molecule has 2 aromatic carbocycles. The second-order valence-electron chi connectivity index (χ2n) is 4.14. The summed E-state index contributed by atoms with van der Waals surface area (Å²) < 4.78 is 12.9. The Morgan fingerprint density at radius 3 is 2.71 bits per heavy atom.